The van der Waals surface area contributed by atoms with Gasteiger partial charge in [0.25, 0.3) is 0 Å². The van der Waals surface area contributed by atoms with Gasteiger partial charge in [0.05, 0.1) is 0 Å². The van der Waals surface area contributed by atoms with E-state index in [1.807, 2.05) is 20.8 Å². The van der Waals surface area contributed by atoms with E-state index in [4.69, 9.17) is 4.74 Å². The molecule has 0 aromatic rings. The van der Waals surface area contributed by atoms with Crippen molar-refractivity contribution in [3.63, 3.8) is 0 Å². The molecule has 1 N–H and O–H groups in total. The maximum absolute atomic E-state index is 11.4. The molecule has 0 radical (unpaired) electrons. The predicted molar refractivity (Wildman–Crippen MR) is 56.2 cm³/mol. The first-order valence-electron chi connectivity index (χ1n) is 5.47. The Morgan fingerprint density at radius 1 is 1.21 bits per heavy atom. The topological polar surface area (TPSA) is 38.3 Å². The molecule has 0 saturated heterocycles. The van der Waals surface area contributed by atoms with Crippen molar-refractivity contribution in [1.29, 1.82) is 0 Å². The van der Waals surface area contributed by atoms with Crippen molar-refractivity contribution in [1.82, 2.24) is 5.32 Å². The van der Waals surface area contributed by atoms with Crippen LogP contribution in [0.25, 0.3) is 0 Å². The van der Waals surface area contributed by atoms with Gasteiger partial charge in [-0.3, -0.25) is 0 Å². The molecule has 0 heterocycles. The molecular weight excluding hydrogens is 178 g/mol. The molecule has 0 aliphatic heterocycles. The van der Waals surface area contributed by atoms with Crippen LogP contribution < -0.4 is 5.32 Å². The van der Waals surface area contributed by atoms with E-state index in [1.54, 1.807) is 0 Å². The van der Waals surface area contributed by atoms with E-state index in [9.17, 15) is 4.79 Å². The Kier molecular flexibility index (Phi) is 3.78. The molecule has 1 saturated carbocycles. The molecule has 1 amide bonds. The van der Waals surface area contributed by atoms with Gasteiger partial charge >= 0.3 is 6.09 Å². The van der Waals surface area contributed by atoms with E-state index < -0.39 is 5.60 Å². The molecule has 0 atom stereocenters. The number of rotatable bonds is 1. The first kappa shape index (κ1) is 11.3. The smallest absolute Gasteiger partial charge is 0.407 e. The first-order chi connectivity index (χ1) is 6.47. The summed E-state index contributed by atoms with van der Waals surface area (Å²) in [5, 5.41) is 2.91. The lowest BCUT2D eigenvalue weighted by Crippen LogP contribution is -2.39. The Bertz CT molecular complexity index is 190. The Labute approximate surface area is 86.2 Å². The molecule has 3 heteroatoms. The zero-order valence-corrected chi connectivity index (χ0v) is 9.43. The van der Waals surface area contributed by atoms with Gasteiger partial charge in [0.1, 0.15) is 5.60 Å². The maximum atomic E-state index is 11.4. The number of hydrogen-bond donors (Lipinski definition) is 1. The second-order valence-electron chi connectivity index (χ2n) is 4.98. The Morgan fingerprint density at radius 2 is 1.79 bits per heavy atom. The lowest BCUT2D eigenvalue weighted by atomic mass is 9.96. The summed E-state index contributed by atoms with van der Waals surface area (Å²) >= 11 is 0. The SMILES string of the molecule is CC(C)(C)OC(=O)NC1CCCCC1. The van der Waals surface area contributed by atoms with Crippen LogP contribution in [0.2, 0.25) is 0 Å². The van der Waals surface area contributed by atoms with Crippen LogP contribution >= 0.6 is 0 Å². The van der Waals surface area contributed by atoms with E-state index in [-0.39, 0.29) is 6.09 Å². The summed E-state index contributed by atoms with van der Waals surface area (Å²) in [5.41, 5.74) is -0.390. The van der Waals surface area contributed by atoms with Gasteiger partial charge in [-0.25, -0.2) is 4.79 Å². The minimum absolute atomic E-state index is 0.274. The van der Waals surface area contributed by atoms with Crippen LogP contribution in [-0.2, 0) is 4.74 Å². The van der Waals surface area contributed by atoms with Crippen LogP contribution in [0.1, 0.15) is 52.9 Å². The normalized spacial score (nSPS) is 19.1. The van der Waals surface area contributed by atoms with E-state index in [1.165, 1.54) is 19.3 Å². The number of alkyl carbamates (subject to hydrolysis) is 1. The molecule has 3 nitrogen and oxygen atoms in total. The van der Waals surface area contributed by atoms with E-state index in [0.717, 1.165) is 12.8 Å². The predicted octanol–water partition coefficient (Wildman–Crippen LogP) is 2.84. The van der Waals surface area contributed by atoms with Gasteiger partial charge in [0, 0.05) is 6.04 Å². The van der Waals surface area contributed by atoms with Crippen molar-refractivity contribution in [2.24, 2.45) is 0 Å². The molecule has 82 valence electrons. The van der Waals surface area contributed by atoms with Gasteiger partial charge in [0.15, 0.2) is 0 Å². The molecule has 0 spiro atoms. The fraction of sp³-hybridized carbons (Fsp3) is 0.909. The minimum Gasteiger partial charge on any atom is -0.444 e. The minimum atomic E-state index is -0.390. The third-order valence-electron chi connectivity index (χ3n) is 2.33. The number of carbonyl (C=O) groups excluding carboxylic acids is 1. The highest BCUT2D eigenvalue weighted by molar-refractivity contribution is 5.68. The third-order valence-corrected chi connectivity index (χ3v) is 2.33. The molecule has 0 aromatic carbocycles. The zero-order valence-electron chi connectivity index (χ0n) is 9.43. The summed E-state index contributed by atoms with van der Waals surface area (Å²) in [6.07, 6.45) is 5.66. The van der Waals surface area contributed by atoms with Crippen molar-refractivity contribution >= 4 is 6.09 Å². The van der Waals surface area contributed by atoms with E-state index in [0.29, 0.717) is 6.04 Å². The van der Waals surface area contributed by atoms with E-state index >= 15 is 0 Å². The molecule has 1 rings (SSSR count). The number of ether oxygens (including phenoxy) is 1. The van der Waals surface area contributed by atoms with Crippen molar-refractivity contribution in [3.05, 3.63) is 0 Å². The molecular formula is C11H21NO2. The molecule has 0 aromatic heterocycles. The summed E-state index contributed by atoms with van der Waals surface area (Å²) in [6.45, 7) is 5.65. The Morgan fingerprint density at radius 3 is 2.29 bits per heavy atom. The number of nitrogens with one attached hydrogen (secondary N) is 1. The lowest BCUT2D eigenvalue weighted by Gasteiger charge is -2.25. The Hall–Kier alpha value is -0.730. The number of amides is 1. The largest absolute Gasteiger partial charge is 0.444 e. The van der Waals surface area contributed by atoms with Crippen molar-refractivity contribution in [3.8, 4) is 0 Å². The van der Waals surface area contributed by atoms with Gasteiger partial charge in [-0.2, -0.15) is 0 Å². The average molecular weight is 199 g/mol. The van der Waals surface area contributed by atoms with Crippen LogP contribution in [0.5, 0.6) is 0 Å². The van der Waals surface area contributed by atoms with Crippen LogP contribution in [0.4, 0.5) is 4.79 Å². The summed E-state index contributed by atoms with van der Waals surface area (Å²) in [7, 11) is 0. The van der Waals surface area contributed by atoms with Gasteiger partial charge in [0.2, 0.25) is 0 Å². The second-order valence-corrected chi connectivity index (χ2v) is 4.98. The fourth-order valence-corrected chi connectivity index (χ4v) is 1.72. The molecule has 1 aliphatic rings. The van der Waals surface area contributed by atoms with E-state index in [2.05, 4.69) is 5.32 Å². The van der Waals surface area contributed by atoms with Gasteiger partial charge < -0.3 is 10.1 Å². The second kappa shape index (κ2) is 4.67. The van der Waals surface area contributed by atoms with Crippen molar-refractivity contribution in [2.45, 2.75) is 64.5 Å². The maximum Gasteiger partial charge on any atom is 0.407 e. The highest BCUT2D eigenvalue weighted by atomic mass is 16.6. The summed E-state index contributed by atoms with van der Waals surface area (Å²) < 4.78 is 5.19. The van der Waals surface area contributed by atoms with Crippen molar-refractivity contribution in [2.75, 3.05) is 0 Å². The molecule has 1 aliphatic carbocycles. The molecule has 1 fully saturated rings. The monoisotopic (exact) mass is 199 g/mol. The van der Waals surface area contributed by atoms with Gasteiger partial charge in [-0.15, -0.1) is 0 Å². The number of hydrogen-bond acceptors (Lipinski definition) is 2. The number of carbonyl (C=O) groups is 1. The fourth-order valence-electron chi connectivity index (χ4n) is 1.72. The van der Waals surface area contributed by atoms with Crippen LogP contribution in [0, 0.1) is 0 Å². The molecule has 14 heavy (non-hydrogen) atoms. The Balaban J connectivity index is 2.25. The summed E-state index contributed by atoms with van der Waals surface area (Å²) in [5.74, 6) is 0. The average Bonchev–Trinajstić information content (AvgIpc) is 2.02. The molecule has 0 unspecified atom stereocenters. The standard InChI is InChI=1S/C11H21NO2/c1-11(2,3)14-10(13)12-9-7-5-4-6-8-9/h9H,4-8H2,1-3H3,(H,12,13). The first-order valence-corrected chi connectivity index (χ1v) is 5.47. The molecule has 0 bridgehead atoms. The zero-order chi connectivity index (χ0) is 10.6. The van der Waals surface area contributed by atoms with Gasteiger partial charge in [-0.1, -0.05) is 19.3 Å². The summed E-state index contributed by atoms with van der Waals surface area (Å²) in [4.78, 5) is 11.4. The quantitative estimate of drug-likeness (QED) is 0.705. The van der Waals surface area contributed by atoms with Crippen LogP contribution in [0.3, 0.4) is 0 Å². The third kappa shape index (κ3) is 4.49. The highest BCUT2D eigenvalue weighted by Crippen LogP contribution is 2.18. The van der Waals surface area contributed by atoms with Gasteiger partial charge in [-0.05, 0) is 33.6 Å². The summed E-state index contributed by atoms with van der Waals surface area (Å²) in [6, 6.07) is 0.332. The highest BCUT2D eigenvalue weighted by Gasteiger charge is 2.20. The van der Waals surface area contributed by atoms with Crippen LogP contribution in [-0.4, -0.2) is 17.7 Å². The lowest BCUT2D eigenvalue weighted by molar-refractivity contribution is 0.0493. The van der Waals surface area contributed by atoms with Crippen LogP contribution in [0.15, 0.2) is 0 Å². The van der Waals surface area contributed by atoms with Crippen molar-refractivity contribution < 1.29 is 9.53 Å².